The first-order valence-corrected chi connectivity index (χ1v) is 7.14. The van der Waals surface area contributed by atoms with Gasteiger partial charge in [0.05, 0.1) is 0 Å². The topological polar surface area (TPSA) is 38.4 Å². The number of hydrogen-bond acceptors (Lipinski definition) is 2. The molecular weight excluding hydrogens is 244 g/mol. The van der Waals surface area contributed by atoms with E-state index in [1.807, 2.05) is 12.1 Å². The van der Waals surface area contributed by atoms with Gasteiger partial charge in [0.2, 0.25) is 0 Å². The van der Waals surface area contributed by atoms with Crippen molar-refractivity contribution in [2.45, 2.75) is 26.7 Å². The molecule has 0 aliphatic rings. The number of hydrogen-bond donors (Lipinski definition) is 1. The summed E-state index contributed by atoms with van der Waals surface area (Å²) in [4.78, 5) is 4.75. The van der Waals surface area contributed by atoms with E-state index in [1.165, 1.54) is 22.4 Å². The van der Waals surface area contributed by atoms with Crippen LogP contribution in [-0.2, 0) is 6.42 Å². The van der Waals surface area contributed by atoms with Crippen molar-refractivity contribution in [2.75, 3.05) is 12.3 Å². The second-order valence-corrected chi connectivity index (χ2v) is 5.04. The molecule has 0 aliphatic carbocycles. The molecule has 0 aliphatic heterocycles. The lowest BCUT2D eigenvalue weighted by atomic mass is 10.1. The number of aryl methyl sites for hydroxylation is 1. The van der Waals surface area contributed by atoms with Gasteiger partial charge >= 0.3 is 0 Å². The Bertz CT molecular complexity index is 565. The van der Waals surface area contributed by atoms with Crippen LogP contribution in [0.25, 0.3) is 0 Å². The van der Waals surface area contributed by atoms with Crippen LogP contribution < -0.4 is 5.73 Å². The van der Waals surface area contributed by atoms with Crippen molar-refractivity contribution in [3.63, 3.8) is 0 Å². The van der Waals surface area contributed by atoms with E-state index in [-0.39, 0.29) is 0 Å². The van der Waals surface area contributed by atoms with Gasteiger partial charge in [-0.2, -0.15) is 0 Å². The number of rotatable bonds is 5. The lowest BCUT2D eigenvalue weighted by molar-refractivity contribution is 0.961. The Morgan fingerprint density at radius 1 is 1.00 bits per heavy atom. The number of aliphatic imine (C=N–C) groups is 1. The predicted molar refractivity (Wildman–Crippen MR) is 87.4 cm³/mol. The fraction of sp³-hybridized carbons (Fsp3) is 0.278. The summed E-state index contributed by atoms with van der Waals surface area (Å²) in [6.07, 6.45) is 1.92. The lowest BCUT2D eigenvalue weighted by Crippen LogP contribution is -2.02. The molecule has 0 aromatic heterocycles. The zero-order valence-corrected chi connectivity index (χ0v) is 12.3. The fourth-order valence-corrected chi connectivity index (χ4v) is 2.16. The Balaban J connectivity index is 2.01. The van der Waals surface area contributed by atoms with Crippen LogP contribution in [0.4, 0.5) is 5.69 Å². The molecule has 20 heavy (non-hydrogen) atoms. The highest BCUT2D eigenvalue weighted by Gasteiger charge is 2.00. The van der Waals surface area contributed by atoms with Crippen LogP contribution in [0, 0.1) is 6.92 Å². The number of nitrogen functional groups attached to an aromatic ring is 1. The minimum absolute atomic E-state index is 0.811. The highest BCUT2D eigenvalue weighted by molar-refractivity contribution is 6.00. The Morgan fingerprint density at radius 2 is 1.65 bits per heavy atom. The van der Waals surface area contributed by atoms with Crippen molar-refractivity contribution in [3.8, 4) is 0 Å². The number of nitrogens with two attached hydrogens (primary N) is 1. The molecule has 2 nitrogen and oxygen atoms in total. The molecule has 0 radical (unpaired) electrons. The van der Waals surface area contributed by atoms with Crippen LogP contribution in [0.2, 0.25) is 0 Å². The summed E-state index contributed by atoms with van der Waals surface area (Å²) in [5.74, 6) is 0. The first-order valence-electron chi connectivity index (χ1n) is 7.14. The SMILES string of the molecule is CCC(=NCCc1ccc(N)cc1)c1ccc(C)cc1. The van der Waals surface area contributed by atoms with Crippen molar-refractivity contribution in [2.24, 2.45) is 4.99 Å². The van der Waals surface area contributed by atoms with E-state index >= 15 is 0 Å². The molecule has 2 heteroatoms. The molecule has 0 amide bonds. The Hall–Kier alpha value is -2.09. The molecule has 0 bridgehead atoms. The van der Waals surface area contributed by atoms with Crippen molar-refractivity contribution in [3.05, 3.63) is 65.2 Å². The average molecular weight is 266 g/mol. The fourth-order valence-electron chi connectivity index (χ4n) is 2.16. The maximum Gasteiger partial charge on any atom is 0.0433 e. The molecular formula is C18H22N2. The zero-order chi connectivity index (χ0) is 14.4. The smallest absolute Gasteiger partial charge is 0.0433 e. The van der Waals surface area contributed by atoms with Gasteiger partial charge in [-0.15, -0.1) is 0 Å². The van der Waals surface area contributed by atoms with Gasteiger partial charge in [0.15, 0.2) is 0 Å². The molecule has 0 unspecified atom stereocenters. The molecule has 0 saturated carbocycles. The summed E-state index contributed by atoms with van der Waals surface area (Å²) in [5, 5.41) is 0. The molecule has 2 aromatic carbocycles. The lowest BCUT2D eigenvalue weighted by Gasteiger charge is -2.05. The number of anilines is 1. The van der Waals surface area contributed by atoms with E-state index < -0.39 is 0 Å². The van der Waals surface area contributed by atoms with E-state index in [1.54, 1.807) is 0 Å². The Morgan fingerprint density at radius 3 is 2.25 bits per heavy atom. The third-order valence-corrected chi connectivity index (χ3v) is 3.40. The van der Waals surface area contributed by atoms with Gasteiger partial charge in [-0.1, -0.05) is 48.9 Å². The molecule has 104 valence electrons. The van der Waals surface area contributed by atoms with Gasteiger partial charge < -0.3 is 5.73 Å². The predicted octanol–water partition coefficient (Wildman–Crippen LogP) is 4.02. The van der Waals surface area contributed by atoms with Crippen LogP contribution >= 0.6 is 0 Å². The van der Waals surface area contributed by atoms with Crippen LogP contribution in [0.3, 0.4) is 0 Å². The third-order valence-electron chi connectivity index (χ3n) is 3.40. The molecule has 0 fully saturated rings. The van der Waals surface area contributed by atoms with Crippen molar-refractivity contribution >= 4 is 11.4 Å². The van der Waals surface area contributed by atoms with Crippen molar-refractivity contribution < 1.29 is 0 Å². The van der Waals surface area contributed by atoms with E-state index in [0.29, 0.717) is 0 Å². The third kappa shape index (κ3) is 3.95. The normalized spacial score (nSPS) is 11.6. The molecule has 2 aromatic rings. The Kier molecular flexibility index (Phi) is 4.94. The molecule has 2 N–H and O–H groups in total. The standard InChI is InChI=1S/C18H22N2/c1-3-18(16-8-4-14(2)5-9-16)20-13-12-15-6-10-17(19)11-7-15/h4-11H,3,12-13,19H2,1-2H3. The van der Waals surface area contributed by atoms with Crippen LogP contribution in [0.1, 0.15) is 30.0 Å². The summed E-state index contributed by atoms with van der Waals surface area (Å²) in [7, 11) is 0. The van der Waals surface area contributed by atoms with Gasteiger partial charge in [-0.25, -0.2) is 0 Å². The highest BCUT2D eigenvalue weighted by atomic mass is 14.7. The van der Waals surface area contributed by atoms with Crippen molar-refractivity contribution in [1.29, 1.82) is 0 Å². The molecule has 0 atom stereocenters. The highest BCUT2D eigenvalue weighted by Crippen LogP contribution is 2.09. The first-order chi connectivity index (χ1) is 9.69. The summed E-state index contributed by atoms with van der Waals surface area (Å²) >= 11 is 0. The van der Waals surface area contributed by atoms with Crippen LogP contribution in [0.15, 0.2) is 53.5 Å². The number of benzene rings is 2. The van der Waals surface area contributed by atoms with E-state index in [0.717, 1.165) is 25.1 Å². The average Bonchev–Trinajstić information content (AvgIpc) is 2.47. The first kappa shape index (κ1) is 14.3. The second kappa shape index (κ2) is 6.90. The quantitative estimate of drug-likeness (QED) is 0.644. The van der Waals surface area contributed by atoms with Crippen LogP contribution in [0.5, 0.6) is 0 Å². The molecule has 2 rings (SSSR count). The molecule has 0 heterocycles. The monoisotopic (exact) mass is 266 g/mol. The second-order valence-electron chi connectivity index (χ2n) is 5.04. The molecule has 0 saturated heterocycles. The van der Waals surface area contributed by atoms with E-state index in [4.69, 9.17) is 10.7 Å². The van der Waals surface area contributed by atoms with Crippen molar-refractivity contribution in [1.82, 2.24) is 0 Å². The van der Waals surface area contributed by atoms with Gasteiger partial charge in [-0.3, -0.25) is 4.99 Å². The van der Waals surface area contributed by atoms with Gasteiger partial charge in [0, 0.05) is 17.9 Å². The van der Waals surface area contributed by atoms with E-state index in [2.05, 4.69) is 50.2 Å². The largest absolute Gasteiger partial charge is 0.399 e. The number of nitrogens with zero attached hydrogens (tertiary/aromatic N) is 1. The zero-order valence-electron chi connectivity index (χ0n) is 12.3. The van der Waals surface area contributed by atoms with E-state index in [9.17, 15) is 0 Å². The van der Waals surface area contributed by atoms with Crippen LogP contribution in [-0.4, -0.2) is 12.3 Å². The minimum Gasteiger partial charge on any atom is -0.399 e. The summed E-state index contributed by atoms with van der Waals surface area (Å²) in [6.45, 7) is 5.08. The summed E-state index contributed by atoms with van der Waals surface area (Å²) in [6, 6.07) is 16.6. The Labute approximate surface area is 121 Å². The van der Waals surface area contributed by atoms with Gasteiger partial charge in [0.1, 0.15) is 0 Å². The van der Waals surface area contributed by atoms with Gasteiger partial charge in [-0.05, 0) is 43.0 Å². The minimum atomic E-state index is 0.811. The summed E-state index contributed by atoms with van der Waals surface area (Å²) < 4.78 is 0. The maximum atomic E-state index is 5.69. The molecule has 0 spiro atoms. The van der Waals surface area contributed by atoms with Gasteiger partial charge in [0.25, 0.3) is 0 Å². The maximum absolute atomic E-state index is 5.69. The summed E-state index contributed by atoms with van der Waals surface area (Å²) in [5.41, 5.74) is 11.5.